The number of nitrogens with zero attached hydrogens (tertiary/aromatic N) is 1. The van der Waals surface area contributed by atoms with Crippen LogP contribution in [0.15, 0.2) is 47.4 Å². The zero-order valence-corrected chi connectivity index (χ0v) is 17.0. The van der Waals surface area contributed by atoms with E-state index >= 15 is 0 Å². The van der Waals surface area contributed by atoms with E-state index in [4.69, 9.17) is 0 Å². The molecule has 1 fully saturated rings. The minimum atomic E-state index is -3.45. The first-order valence-electron chi connectivity index (χ1n) is 9.61. The van der Waals surface area contributed by atoms with Crippen LogP contribution in [0.1, 0.15) is 43.4 Å². The Bertz CT molecular complexity index is 972. The normalized spacial score (nSPS) is 16.0. The van der Waals surface area contributed by atoms with E-state index in [0.29, 0.717) is 19.5 Å². The largest absolute Gasteiger partial charge is 0.349 e. The van der Waals surface area contributed by atoms with E-state index in [1.165, 1.54) is 10.4 Å². The molecule has 1 saturated heterocycles. The molecule has 29 heavy (non-hydrogen) atoms. The van der Waals surface area contributed by atoms with Crippen molar-refractivity contribution in [1.82, 2.24) is 9.62 Å². The molecule has 2 aromatic carbocycles. The van der Waals surface area contributed by atoms with E-state index in [2.05, 4.69) is 5.32 Å². The first-order chi connectivity index (χ1) is 13.8. The summed E-state index contributed by atoms with van der Waals surface area (Å²) in [5, 5.41) is 2.70. The highest BCUT2D eigenvalue weighted by molar-refractivity contribution is 7.89. The molecule has 2 aromatic rings. The molecule has 0 aliphatic carbocycles. The van der Waals surface area contributed by atoms with Crippen molar-refractivity contribution in [3.8, 4) is 0 Å². The molecule has 156 valence electrons. The smallest absolute Gasteiger partial charge is 0.243 e. The van der Waals surface area contributed by atoms with Gasteiger partial charge in [0.05, 0.1) is 10.9 Å². The highest BCUT2D eigenvalue weighted by Gasteiger charge is 2.26. The Morgan fingerprint density at radius 3 is 2.38 bits per heavy atom. The van der Waals surface area contributed by atoms with Crippen LogP contribution in [0.5, 0.6) is 0 Å². The Labute approximate surface area is 169 Å². The first kappa shape index (κ1) is 21.4. The minimum Gasteiger partial charge on any atom is -0.349 e. The second-order valence-electron chi connectivity index (χ2n) is 7.21. The standard InChI is InChI=1S/C21H24F2N2O3S/c1-15(19-10-7-17(22)14-20(19)23)24-21(26)11-6-16-4-8-18(9-5-16)29(27,28)25-12-2-3-13-25/h4-5,7-10,14-15H,2-3,6,11-13H2,1H3,(H,24,26). The molecule has 5 nitrogen and oxygen atoms in total. The molecule has 0 saturated carbocycles. The second kappa shape index (κ2) is 9.00. The lowest BCUT2D eigenvalue weighted by Crippen LogP contribution is -2.28. The van der Waals surface area contributed by atoms with Gasteiger partial charge < -0.3 is 5.32 Å². The van der Waals surface area contributed by atoms with Gasteiger partial charge in [-0.1, -0.05) is 18.2 Å². The molecule has 1 unspecified atom stereocenters. The van der Waals surface area contributed by atoms with Crippen LogP contribution in [0, 0.1) is 11.6 Å². The van der Waals surface area contributed by atoms with Gasteiger partial charge in [0, 0.05) is 31.1 Å². The van der Waals surface area contributed by atoms with Crippen LogP contribution in [-0.4, -0.2) is 31.7 Å². The summed E-state index contributed by atoms with van der Waals surface area (Å²) in [4.78, 5) is 12.4. The van der Waals surface area contributed by atoms with Crippen molar-refractivity contribution in [3.63, 3.8) is 0 Å². The molecular formula is C21H24F2N2O3S. The Morgan fingerprint density at radius 2 is 1.76 bits per heavy atom. The molecule has 8 heteroatoms. The quantitative estimate of drug-likeness (QED) is 0.742. The predicted molar refractivity (Wildman–Crippen MR) is 106 cm³/mol. The third-order valence-electron chi connectivity index (χ3n) is 5.07. The van der Waals surface area contributed by atoms with Crippen LogP contribution in [0.3, 0.4) is 0 Å². The molecule has 0 aromatic heterocycles. The number of amides is 1. The second-order valence-corrected chi connectivity index (χ2v) is 9.15. The van der Waals surface area contributed by atoms with Crippen LogP contribution in [0.25, 0.3) is 0 Å². The van der Waals surface area contributed by atoms with E-state index in [1.807, 2.05) is 0 Å². The summed E-state index contributed by atoms with van der Waals surface area (Å²) < 4.78 is 53.3. The summed E-state index contributed by atoms with van der Waals surface area (Å²) in [7, 11) is -3.45. The fraction of sp³-hybridized carbons (Fsp3) is 0.381. The third kappa shape index (κ3) is 5.19. The van der Waals surface area contributed by atoms with E-state index < -0.39 is 27.7 Å². The molecular weight excluding hydrogens is 398 g/mol. The summed E-state index contributed by atoms with van der Waals surface area (Å²) >= 11 is 0. The van der Waals surface area contributed by atoms with Crippen LogP contribution >= 0.6 is 0 Å². The Morgan fingerprint density at radius 1 is 1.10 bits per heavy atom. The average Bonchev–Trinajstić information content (AvgIpc) is 3.22. The maximum Gasteiger partial charge on any atom is 0.243 e. The Hall–Kier alpha value is -2.32. The molecule has 1 atom stereocenters. The summed E-state index contributed by atoms with van der Waals surface area (Å²) in [6.07, 6.45) is 2.36. The van der Waals surface area contributed by atoms with Crippen molar-refractivity contribution in [2.75, 3.05) is 13.1 Å². The molecule has 1 amide bonds. The number of carbonyl (C=O) groups is 1. The van der Waals surface area contributed by atoms with Gasteiger partial charge in [-0.05, 0) is 49.9 Å². The molecule has 1 aliphatic heterocycles. The monoisotopic (exact) mass is 422 g/mol. The first-order valence-corrected chi connectivity index (χ1v) is 11.0. The summed E-state index contributed by atoms with van der Waals surface area (Å²) in [6, 6.07) is 9.22. The fourth-order valence-corrected chi connectivity index (χ4v) is 4.92. The van der Waals surface area contributed by atoms with Gasteiger partial charge in [-0.2, -0.15) is 4.31 Å². The maximum atomic E-state index is 13.8. The third-order valence-corrected chi connectivity index (χ3v) is 6.99. The maximum absolute atomic E-state index is 13.8. The van der Waals surface area contributed by atoms with Crippen molar-refractivity contribution in [2.45, 2.75) is 43.5 Å². The van der Waals surface area contributed by atoms with E-state index in [-0.39, 0.29) is 22.8 Å². The number of sulfonamides is 1. The SMILES string of the molecule is CC(NC(=O)CCc1ccc(S(=O)(=O)N2CCCC2)cc1)c1ccc(F)cc1F. The van der Waals surface area contributed by atoms with Crippen LogP contribution in [-0.2, 0) is 21.2 Å². The number of hydrogen-bond donors (Lipinski definition) is 1. The van der Waals surface area contributed by atoms with Crippen LogP contribution < -0.4 is 5.32 Å². The number of carbonyl (C=O) groups excluding carboxylic acids is 1. The number of nitrogens with one attached hydrogen (secondary N) is 1. The minimum absolute atomic E-state index is 0.172. The fourth-order valence-electron chi connectivity index (χ4n) is 3.41. The molecule has 0 bridgehead atoms. The van der Waals surface area contributed by atoms with E-state index in [9.17, 15) is 22.0 Å². The number of aryl methyl sites for hydroxylation is 1. The van der Waals surface area contributed by atoms with Gasteiger partial charge in [-0.25, -0.2) is 17.2 Å². The van der Waals surface area contributed by atoms with Gasteiger partial charge in [0.1, 0.15) is 11.6 Å². The Balaban J connectivity index is 1.55. The number of hydrogen-bond acceptors (Lipinski definition) is 3. The molecule has 3 rings (SSSR count). The van der Waals surface area contributed by atoms with Crippen LogP contribution in [0.2, 0.25) is 0 Å². The molecule has 0 spiro atoms. The van der Waals surface area contributed by atoms with Gasteiger partial charge in [-0.3, -0.25) is 4.79 Å². The lowest BCUT2D eigenvalue weighted by Gasteiger charge is -2.16. The lowest BCUT2D eigenvalue weighted by molar-refractivity contribution is -0.121. The van der Waals surface area contributed by atoms with Gasteiger partial charge in [0.2, 0.25) is 15.9 Å². The zero-order valence-electron chi connectivity index (χ0n) is 16.2. The summed E-state index contributed by atoms with van der Waals surface area (Å²) in [6.45, 7) is 2.74. The van der Waals surface area contributed by atoms with Crippen molar-refractivity contribution in [1.29, 1.82) is 0 Å². The molecule has 1 heterocycles. The van der Waals surface area contributed by atoms with Gasteiger partial charge in [-0.15, -0.1) is 0 Å². The highest BCUT2D eigenvalue weighted by atomic mass is 32.2. The average molecular weight is 422 g/mol. The van der Waals surface area contributed by atoms with Crippen molar-refractivity contribution >= 4 is 15.9 Å². The van der Waals surface area contributed by atoms with Crippen molar-refractivity contribution in [3.05, 3.63) is 65.2 Å². The van der Waals surface area contributed by atoms with E-state index in [1.54, 1.807) is 31.2 Å². The number of rotatable bonds is 7. The number of benzene rings is 2. The molecule has 1 aliphatic rings. The van der Waals surface area contributed by atoms with Crippen LogP contribution in [0.4, 0.5) is 8.78 Å². The zero-order chi connectivity index (χ0) is 21.0. The van der Waals surface area contributed by atoms with Gasteiger partial charge in [0.15, 0.2) is 0 Å². The van der Waals surface area contributed by atoms with Crippen molar-refractivity contribution < 1.29 is 22.0 Å². The predicted octanol–water partition coefficient (Wildman–Crippen LogP) is 3.56. The highest BCUT2D eigenvalue weighted by Crippen LogP contribution is 2.22. The lowest BCUT2D eigenvalue weighted by atomic mass is 10.1. The van der Waals surface area contributed by atoms with Gasteiger partial charge >= 0.3 is 0 Å². The molecule has 1 N–H and O–H groups in total. The number of halogens is 2. The molecule has 0 radical (unpaired) electrons. The summed E-state index contributed by atoms with van der Waals surface area (Å²) in [5.41, 5.74) is 1.05. The topological polar surface area (TPSA) is 66.5 Å². The Kier molecular flexibility index (Phi) is 6.64. The summed E-state index contributed by atoms with van der Waals surface area (Å²) in [5.74, 6) is -1.64. The van der Waals surface area contributed by atoms with E-state index in [0.717, 1.165) is 30.5 Å². The van der Waals surface area contributed by atoms with Crippen molar-refractivity contribution in [2.24, 2.45) is 0 Å². The van der Waals surface area contributed by atoms with Gasteiger partial charge in [0.25, 0.3) is 0 Å².